The Bertz CT molecular complexity index is 1360. The monoisotopic (exact) mass is 607 g/mol. The van der Waals surface area contributed by atoms with Crippen molar-refractivity contribution in [1.29, 1.82) is 0 Å². The van der Waals surface area contributed by atoms with Crippen LogP contribution in [-0.4, -0.2) is 45.0 Å². The van der Waals surface area contributed by atoms with Crippen LogP contribution in [0.1, 0.15) is 84.4 Å². The number of carbonyl (C=O) groups excluding carboxylic acids is 1. The number of carboxylic acids is 2. The Labute approximate surface area is 255 Å². The summed E-state index contributed by atoms with van der Waals surface area (Å²) >= 11 is 1.58. The summed E-state index contributed by atoms with van der Waals surface area (Å²) in [6.07, 6.45) is 2.89. The van der Waals surface area contributed by atoms with Crippen LogP contribution in [0.15, 0.2) is 77.7 Å². The van der Waals surface area contributed by atoms with E-state index in [0.29, 0.717) is 37.1 Å². The second-order valence-electron chi connectivity index (χ2n) is 10.5. The Kier molecular flexibility index (Phi) is 12.2. The second kappa shape index (κ2) is 16.2. The van der Waals surface area contributed by atoms with Gasteiger partial charge < -0.3 is 30.1 Å². The smallest absolute Gasteiger partial charge is 0.335 e. The van der Waals surface area contributed by atoms with Gasteiger partial charge in [-0.2, -0.15) is 0 Å². The maximum atomic E-state index is 12.5. The number of hydrogen-bond donors (Lipinski definition) is 4. The lowest BCUT2D eigenvalue weighted by atomic mass is 10.0. The van der Waals surface area contributed by atoms with Gasteiger partial charge in [0.1, 0.15) is 0 Å². The summed E-state index contributed by atoms with van der Waals surface area (Å²) < 4.78 is 12.8. The molecule has 9 nitrogen and oxygen atoms in total. The zero-order valence-electron chi connectivity index (χ0n) is 23.8. The molecule has 10 heteroatoms. The number of rotatable bonds is 15. The molecule has 3 unspecified atom stereocenters. The van der Waals surface area contributed by atoms with E-state index in [9.17, 15) is 24.6 Å². The van der Waals surface area contributed by atoms with Crippen LogP contribution in [-0.2, 0) is 25.7 Å². The maximum Gasteiger partial charge on any atom is 0.335 e. The highest BCUT2D eigenvalue weighted by molar-refractivity contribution is 7.99. The van der Waals surface area contributed by atoms with Crippen LogP contribution in [0.4, 0.5) is 5.69 Å². The second-order valence-corrected chi connectivity index (χ2v) is 11.6. The van der Waals surface area contributed by atoms with Crippen LogP contribution in [0.2, 0.25) is 0 Å². The third kappa shape index (κ3) is 10.2. The molecular weight excluding hydrogens is 570 g/mol. The fraction of sp³-hybridized carbons (Fsp3) is 0.364. The first-order chi connectivity index (χ1) is 20.8. The summed E-state index contributed by atoms with van der Waals surface area (Å²) in [7, 11) is 0. The summed E-state index contributed by atoms with van der Waals surface area (Å²) in [4.78, 5) is 35.3. The number of aliphatic hydroxyl groups excluding tert-OH is 1. The summed E-state index contributed by atoms with van der Waals surface area (Å²) in [5.41, 5.74) is 3.43. The van der Waals surface area contributed by atoms with E-state index in [1.807, 2.05) is 48.5 Å². The molecule has 0 aromatic heterocycles. The van der Waals surface area contributed by atoms with E-state index in [0.717, 1.165) is 34.4 Å². The molecule has 1 aliphatic rings. The number of carboxylic acid groups (broad SMARTS) is 2. The van der Waals surface area contributed by atoms with E-state index in [4.69, 9.17) is 14.6 Å². The molecule has 4 N–H and O–H groups in total. The Morgan fingerprint density at radius 3 is 2.23 bits per heavy atom. The number of aliphatic hydroxyl groups is 1. The molecule has 43 heavy (non-hydrogen) atoms. The Balaban J connectivity index is 1.41. The van der Waals surface area contributed by atoms with Gasteiger partial charge in [0.15, 0.2) is 6.29 Å². The van der Waals surface area contributed by atoms with Gasteiger partial charge in [-0.3, -0.25) is 9.59 Å². The van der Waals surface area contributed by atoms with E-state index in [1.165, 1.54) is 0 Å². The minimum Gasteiger partial charge on any atom is -0.481 e. The topological polar surface area (TPSA) is 142 Å². The molecule has 4 rings (SSSR count). The lowest BCUT2D eigenvalue weighted by Crippen LogP contribution is -2.31. The number of benzene rings is 3. The normalized spacial score (nSPS) is 18.2. The molecule has 3 aromatic carbocycles. The van der Waals surface area contributed by atoms with Gasteiger partial charge in [-0.25, -0.2) is 4.79 Å². The molecule has 0 bridgehead atoms. The predicted octanol–water partition coefficient (Wildman–Crippen LogP) is 6.58. The fourth-order valence-electron chi connectivity index (χ4n) is 4.81. The number of unbranched alkanes of at least 4 members (excludes halogenated alkanes) is 3. The number of amides is 1. The first-order valence-corrected chi connectivity index (χ1v) is 15.4. The number of ether oxygens (including phenoxy) is 2. The average Bonchev–Trinajstić information content (AvgIpc) is 3.01. The van der Waals surface area contributed by atoms with E-state index in [1.54, 1.807) is 36.0 Å². The molecule has 3 aromatic rings. The fourth-order valence-corrected chi connectivity index (χ4v) is 5.73. The van der Waals surface area contributed by atoms with Crippen molar-refractivity contribution >= 4 is 35.3 Å². The van der Waals surface area contributed by atoms with Gasteiger partial charge >= 0.3 is 11.9 Å². The highest BCUT2D eigenvalue weighted by atomic mass is 32.2. The zero-order chi connectivity index (χ0) is 30.6. The first-order valence-electron chi connectivity index (χ1n) is 14.4. The molecule has 1 fully saturated rings. The van der Waals surface area contributed by atoms with Crippen molar-refractivity contribution in [1.82, 2.24) is 0 Å². The number of thioether (sulfide) groups is 1. The van der Waals surface area contributed by atoms with Crippen molar-refractivity contribution < 1.29 is 39.2 Å². The Morgan fingerprint density at radius 2 is 1.56 bits per heavy atom. The van der Waals surface area contributed by atoms with Crippen molar-refractivity contribution in [2.24, 2.45) is 0 Å². The zero-order valence-corrected chi connectivity index (χ0v) is 24.6. The van der Waals surface area contributed by atoms with E-state index in [2.05, 4.69) is 5.32 Å². The number of hydrogen-bond acceptors (Lipinski definition) is 7. The minimum atomic E-state index is -0.964. The summed E-state index contributed by atoms with van der Waals surface area (Å²) in [6, 6.07) is 21.8. The van der Waals surface area contributed by atoms with Crippen LogP contribution in [0, 0.1) is 0 Å². The van der Waals surface area contributed by atoms with Crippen LogP contribution < -0.4 is 5.32 Å². The standard InChI is InChI=1S/C33H37NO8S/c35-20-22-10-12-23(13-11-22)29-19-27(21-43-28-16-14-24(15-17-28)32(39)40)41-33(42-29)25-6-5-7-26(18-25)34-30(36)8-3-1-2-4-9-31(37)38/h5-7,10-18,27,29,33,35H,1-4,8-9,19-21H2,(H,34,36)(H,37,38)(H,39,40). The van der Waals surface area contributed by atoms with Gasteiger partial charge in [0.2, 0.25) is 5.91 Å². The highest BCUT2D eigenvalue weighted by Crippen LogP contribution is 2.40. The molecule has 1 amide bonds. The van der Waals surface area contributed by atoms with Gasteiger partial charge in [0.25, 0.3) is 0 Å². The highest BCUT2D eigenvalue weighted by Gasteiger charge is 2.32. The SMILES string of the molecule is O=C(O)CCCCCCC(=O)Nc1cccc(C2OC(CSc3ccc(C(=O)O)cc3)CC(c3ccc(CO)cc3)O2)c1. The lowest BCUT2D eigenvalue weighted by Gasteiger charge is -2.36. The van der Waals surface area contributed by atoms with Crippen molar-refractivity contribution in [2.45, 2.75) is 74.9 Å². The van der Waals surface area contributed by atoms with Crippen molar-refractivity contribution in [3.05, 3.63) is 95.1 Å². The largest absolute Gasteiger partial charge is 0.481 e. The van der Waals surface area contributed by atoms with E-state index in [-0.39, 0.29) is 36.7 Å². The molecule has 1 heterocycles. The number of anilines is 1. The number of carbonyl (C=O) groups is 3. The van der Waals surface area contributed by atoms with Crippen molar-refractivity contribution in [3.8, 4) is 0 Å². The van der Waals surface area contributed by atoms with Gasteiger partial charge in [0.05, 0.1) is 24.4 Å². The summed E-state index contributed by atoms with van der Waals surface area (Å²) in [5.74, 6) is -1.24. The molecule has 0 saturated carbocycles. The summed E-state index contributed by atoms with van der Waals surface area (Å²) in [5, 5.41) is 30.3. The van der Waals surface area contributed by atoms with Gasteiger partial charge in [-0.05, 0) is 60.4 Å². The Morgan fingerprint density at radius 1 is 0.837 bits per heavy atom. The number of aliphatic carboxylic acids is 1. The molecule has 3 atom stereocenters. The quantitative estimate of drug-likeness (QED) is 0.111. The third-order valence-corrected chi connectivity index (χ3v) is 8.28. The summed E-state index contributed by atoms with van der Waals surface area (Å²) in [6.45, 7) is -0.0410. The van der Waals surface area contributed by atoms with Crippen LogP contribution in [0.5, 0.6) is 0 Å². The maximum absolute atomic E-state index is 12.5. The van der Waals surface area contributed by atoms with Gasteiger partial charge in [-0.15, -0.1) is 11.8 Å². The average molecular weight is 608 g/mol. The van der Waals surface area contributed by atoms with Gasteiger partial charge in [-0.1, -0.05) is 49.2 Å². The molecular formula is C33H37NO8S. The van der Waals surface area contributed by atoms with Gasteiger partial charge in [0, 0.05) is 41.2 Å². The third-order valence-electron chi connectivity index (χ3n) is 7.14. The number of nitrogens with one attached hydrogen (secondary N) is 1. The molecule has 228 valence electrons. The van der Waals surface area contributed by atoms with Crippen molar-refractivity contribution in [2.75, 3.05) is 11.1 Å². The lowest BCUT2D eigenvalue weighted by molar-refractivity contribution is -0.245. The molecule has 0 spiro atoms. The molecule has 1 aliphatic heterocycles. The van der Waals surface area contributed by atoms with E-state index < -0.39 is 18.2 Å². The molecule has 0 radical (unpaired) electrons. The van der Waals surface area contributed by atoms with Crippen LogP contribution in [0.25, 0.3) is 0 Å². The molecule has 0 aliphatic carbocycles. The van der Waals surface area contributed by atoms with Crippen molar-refractivity contribution in [3.63, 3.8) is 0 Å². The van der Waals surface area contributed by atoms with E-state index >= 15 is 0 Å². The minimum absolute atomic E-state index is 0.0410. The number of aromatic carboxylic acids is 1. The first kappa shape index (κ1) is 32.2. The van der Waals surface area contributed by atoms with Crippen LogP contribution >= 0.6 is 11.8 Å². The predicted molar refractivity (Wildman–Crippen MR) is 163 cm³/mol. The van der Waals surface area contributed by atoms with Crippen LogP contribution in [0.3, 0.4) is 0 Å². The Hall–Kier alpha value is -3.70. The molecule has 1 saturated heterocycles.